The van der Waals surface area contributed by atoms with Gasteiger partial charge < -0.3 is 9.31 Å². The summed E-state index contributed by atoms with van der Waals surface area (Å²) in [7, 11) is -0.448. The van der Waals surface area contributed by atoms with Gasteiger partial charge in [0, 0.05) is 0 Å². The van der Waals surface area contributed by atoms with Gasteiger partial charge in [-0.25, -0.2) is 0 Å². The van der Waals surface area contributed by atoms with E-state index in [1.54, 1.807) is 24.3 Å². The van der Waals surface area contributed by atoms with Crippen molar-refractivity contribution in [3.63, 3.8) is 0 Å². The Morgan fingerprint density at radius 1 is 0.897 bits per heavy atom. The molecule has 29 heavy (non-hydrogen) atoms. The number of fused-ring (bicyclic) bond motifs is 2. The summed E-state index contributed by atoms with van der Waals surface area (Å²) < 4.78 is 12.5. The van der Waals surface area contributed by atoms with E-state index in [0.29, 0.717) is 11.1 Å². The van der Waals surface area contributed by atoms with Crippen LogP contribution in [0.4, 0.5) is 0 Å². The fourth-order valence-electron chi connectivity index (χ4n) is 4.61. The van der Waals surface area contributed by atoms with E-state index < -0.39 is 18.3 Å². The lowest BCUT2D eigenvalue weighted by Gasteiger charge is -2.32. The highest BCUT2D eigenvalue weighted by Crippen LogP contribution is 2.41. The molecule has 5 nitrogen and oxygen atoms in total. The number of benzene rings is 2. The van der Waals surface area contributed by atoms with Crippen LogP contribution in [0.15, 0.2) is 42.5 Å². The molecule has 2 heterocycles. The first-order valence-electron chi connectivity index (χ1n) is 10.2. The van der Waals surface area contributed by atoms with E-state index in [1.165, 1.54) is 4.90 Å². The third-order valence-electron chi connectivity index (χ3n) is 6.92. The average molecular weight is 389 g/mol. The Labute approximate surface area is 171 Å². The molecule has 1 saturated heterocycles. The Hall–Kier alpha value is -2.44. The Balaban J connectivity index is 1.51. The SMILES string of the molecule is CC1(C)OB(c2cccc3c2CC[C@H]3N2C(=O)c3ccccc3C2=O)OC1(C)C. The summed E-state index contributed by atoms with van der Waals surface area (Å²) in [6, 6.07) is 12.8. The van der Waals surface area contributed by atoms with E-state index >= 15 is 0 Å². The van der Waals surface area contributed by atoms with Crippen molar-refractivity contribution in [2.45, 2.75) is 57.8 Å². The van der Waals surface area contributed by atoms with Crippen molar-refractivity contribution in [1.82, 2.24) is 4.90 Å². The molecule has 1 atom stereocenters. The van der Waals surface area contributed by atoms with Crippen LogP contribution in [-0.2, 0) is 15.7 Å². The van der Waals surface area contributed by atoms with Gasteiger partial charge in [0.25, 0.3) is 11.8 Å². The lowest BCUT2D eigenvalue weighted by molar-refractivity contribution is 0.00578. The molecule has 0 N–H and O–H groups in total. The smallest absolute Gasteiger partial charge is 0.399 e. The van der Waals surface area contributed by atoms with Crippen molar-refractivity contribution < 1.29 is 18.9 Å². The third kappa shape index (κ3) is 2.55. The molecule has 2 amide bonds. The predicted molar refractivity (Wildman–Crippen MR) is 110 cm³/mol. The van der Waals surface area contributed by atoms with Crippen LogP contribution in [0.5, 0.6) is 0 Å². The third-order valence-corrected chi connectivity index (χ3v) is 6.92. The summed E-state index contributed by atoms with van der Waals surface area (Å²) in [6.07, 6.45) is 1.50. The van der Waals surface area contributed by atoms with Crippen LogP contribution in [0.1, 0.15) is 72.0 Å². The fourth-order valence-corrected chi connectivity index (χ4v) is 4.61. The molecule has 0 radical (unpaired) electrons. The zero-order valence-corrected chi connectivity index (χ0v) is 17.2. The highest BCUT2D eigenvalue weighted by molar-refractivity contribution is 6.62. The molecular formula is C23H24BNO4. The van der Waals surface area contributed by atoms with E-state index in [1.807, 2.05) is 45.9 Å². The lowest BCUT2D eigenvalue weighted by Crippen LogP contribution is -2.41. The summed E-state index contributed by atoms with van der Waals surface area (Å²) in [5, 5.41) is 0. The van der Waals surface area contributed by atoms with Crippen molar-refractivity contribution >= 4 is 24.4 Å². The molecule has 0 spiro atoms. The Morgan fingerprint density at radius 2 is 1.48 bits per heavy atom. The van der Waals surface area contributed by atoms with Gasteiger partial charge in [0.05, 0.1) is 28.4 Å². The quantitative estimate of drug-likeness (QED) is 0.585. The van der Waals surface area contributed by atoms with Crippen LogP contribution in [-0.4, -0.2) is 35.0 Å². The Kier molecular flexibility index (Phi) is 3.87. The zero-order valence-electron chi connectivity index (χ0n) is 17.2. The maximum atomic E-state index is 13.0. The number of carbonyl (C=O) groups excluding carboxylic acids is 2. The molecule has 3 aliphatic rings. The van der Waals surface area contributed by atoms with Gasteiger partial charge >= 0.3 is 7.12 Å². The maximum Gasteiger partial charge on any atom is 0.495 e. The Morgan fingerprint density at radius 3 is 2.07 bits per heavy atom. The second-order valence-electron chi connectivity index (χ2n) is 9.08. The van der Waals surface area contributed by atoms with E-state index in [4.69, 9.17) is 9.31 Å². The average Bonchev–Trinajstić information content (AvgIpc) is 3.27. The highest BCUT2D eigenvalue weighted by atomic mass is 16.7. The number of imide groups is 1. The fraction of sp³-hybridized carbons (Fsp3) is 0.391. The van der Waals surface area contributed by atoms with Gasteiger partial charge in [-0.1, -0.05) is 30.3 Å². The topological polar surface area (TPSA) is 55.8 Å². The predicted octanol–water partition coefficient (Wildman–Crippen LogP) is 3.27. The molecule has 148 valence electrons. The van der Waals surface area contributed by atoms with E-state index in [-0.39, 0.29) is 17.9 Å². The molecule has 0 unspecified atom stereocenters. The van der Waals surface area contributed by atoms with Crippen molar-refractivity contribution in [3.05, 3.63) is 64.7 Å². The van der Waals surface area contributed by atoms with Gasteiger partial charge in [0.15, 0.2) is 0 Å². The largest absolute Gasteiger partial charge is 0.495 e. The molecule has 0 bridgehead atoms. The minimum Gasteiger partial charge on any atom is -0.399 e. The maximum absolute atomic E-state index is 13.0. The minimum atomic E-state index is -0.448. The molecular weight excluding hydrogens is 365 g/mol. The number of rotatable bonds is 2. The normalized spacial score (nSPS) is 24.2. The van der Waals surface area contributed by atoms with Crippen molar-refractivity contribution in [2.24, 2.45) is 0 Å². The van der Waals surface area contributed by atoms with Gasteiger partial charge in [-0.2, -0.15) is 0 Å². The zero-order chi connectivity index (χ0) is 20.6. The van der Waals surface area contributed by atoms with E-state index in [0.717, 1.165) is 29.4 Å². The van der Waals surface area contributed by atoms with Gasteiger partial charge in [0.1, 0.15) is 0 Å². The monoisotopic (exact) mass is 389 g/mol. The summed E-state index contributed by atoms with van der Waals surface area (Å²) in [5.74, 6) is -0.408. The minimum absolute atomic E-state index is 0.204. The highest BCUT2D eigenvalue weighted by Gasteiger charge is 2.53. The molecule has 0 aromatic heterocycles. The second-order valence-corrected chi connectivity index (χ2v) is 9.08. The lowest BCUT2D eigenvalue weighted by atomic mass is 9.75. The molecule has 2 aliphatic heterocycles. The Bertz CT molecular complexity index is 994. The first kappa shape index (κ1) is 18.6. The van der Waals surface area contributed by atoms with Gasteiger partial charge in [0.2, 0.25) is 0 Å². The number of nitrogens with zero attached hydrogens (tertiary/aromatic N) is 1. The second kappa shape index (κ2) is 6.03. The summed E-state index contributed by atoms with van der Waals surface area (Å²) in [5.41, 5.74) is 3.31. The van der Waals surface area contributed by atoms with Gasteiger partial charge in [-0.3, -0.25) is 14.5 Å². The van der Waals surface area contributed by atoms with Crippen molar-refractivity contribution in [1.29, 1.82) is 0 Å². The van der Waals surface area contributed by atoms with Crippen LogP contribution < -0.4 is 5.46 Å². The number of carbonyl (C=O) groups is 2. The molecule has 1 fully saturated rings. The van der Waals surface area contributed by atoms with Crippen LogP contribution >= 0.6 is 0 Å². The van der Waals surface area contributed by atoms with Crippen molar-refractivity contribution in [3.8, 4) is 0 Å². The van der Waals surface area contributed by atoms with E-state index in [2.05, 4.69) is 0 Å². The molecule has 2 aromatic carbocycles. The van der Waals surface area contributed by atoms with Crippen molar-refractivity contribution in [2.75, 3.05) is 0 Å². The number of hydrogen-bond acceptors (Lipinski definition) is 4. The molecule has 2 aromatic rings. The van der Waals surface area contributed by atoms with Crippen LogP contribution in [0.2, 0.25) is 0 Å². The number of hydrogen-bond donors (Lipinski definition) is 0. The first-order valence-corrected chi connectivity index (χ1v) is 10.2. The summed E-state index contributed by atoms with van der Waals surface area (Å²) in [4.78, 5) is 27.4. The molecule has 6 heteroatoms. The van der Waals surface area contributed by atoms with E-state index in [9.17, 15) is 9.59 Å². The number of amides is 2. The van der Waals surface area contributed by atoms with Crippen LogP contribution in [0.25, 0.3) is 0 Å². The molecule has 1 aliphatic carbocycles. The van der Waals surface area contributed by atoms with Gasteiger partial charge in [-0.15, -0.1) is 0 Å². The molecule has 0 saturated carbocycles. The van der Waals surface area contributed by atoms with Gasteiger partial charge in [-0.05, 0) is 69.3 Å². The summed E-state index contributed by atoms with van der Waals surface area (Å²) >= 11 is 0. The first-order chi connectivity index (χ1) is 13.7. The van der Waals surface area contributed by atoms with Crippen LogP contribution in [0, 0.1) is 0 Å². The summed E-state index contributed by atoms with van der Waals surface area (Å²) in [6.45, 7) is 8.16. The molecule has 5 rings (SSSR count). The standard InChI is InChI=1S/C23H24BNO4/c1-22(2)23(3,4)29-24(28-22)18-11-7-10-15-14(18)12-13-19(15)25-20(26)16-8-5-6-9-17(16)21(25)27/h5-11,19H,12-13H2,1-4H3/t19-/m1/s1. The van der Waals surface area contributed by atoms with Crippen LogP contribution in [0.3, 0.4) is 0 Å².